The monoisotopic (exact) mass is 380 g/mol. The van der Waals surface area contributed by atoms with E-state index in [2.05, 4.69) is 0 Å². The minimum atomic E-state index is -0.762. The quantitative estimate of drug-likeness (QED) is 0.272. The average Bonchev–Trinajstić information content (AvgIpc) is 2.66. The van der Waals surface area contributed by atoms with Gasteiger partial charge in [0.1, 0.15) is 5.57 Å². The highest BCUT2D eigenvalue weighted by Crippen LogP contribution is 2.38. The van der Waals surface area contributed by atoms with E-state index >= 15 is 0 Å². The SMILES string of the molecule is CCCOC(=O)C(=Cc1cc(OCC)c(O)c(OCC)c1)C(=O)OCCC. The van der Waals surface area contributed by atoms with Gasteiger partial charge in [0.15, 0.2) is 11.5 Å². The van der Waals surface area contributed by atoms with Crippen molar-refractivity contribution in [2.75, 3.05) is 26.4 Å². The molecule has 0 aliphatic heterocycles. The van der Waals surface area contributed by atoms with Crippen LogP contribution in [0.15, 0.2) is 17.7 Å². The molecule has 7 heteroatoms. The molecule has 0 unspecified atom stereocenters. The van der Waals surface area contributed by atoms with Crippen LogP contribution >= 0.6 is 0 Å². The van der Waals surface area contributed by atoms with Crippen molar-refractivity contribution in [3.63, 3.8) is 0 Å². The third kappa shape index (κ3) is 6.84. The Kier molecular flexibility index (Phi) is 9.79. The molecule has 150 valence electrons. The lowest BCUT2D eigenvalue weighted by Gasteiger charge is -2.13. The molecule has 0 aliphatic carbocycles. The number of aromatic hydroxyl groups is 1. The summed E-state index contributed by atoms with van der Waals surface area (Å²) in [6, 6.07) is 3.03. The maximum atomic E-state index is 12.3. The summed E-state index contributed by atoms with van der Waals surface area (Å²) in [7, 11) is 0. The fourth-order valence-corrected chi connectivity index (χ4v) is 2.13. The molecule has 27 heavy (non-hydrogen) atoms. The van der Waals surface area contributed by atoms with Crippen molar-refractivity contribution in [2.45, 2.75) is 40.5 Å². The molecular weight excluding hydrogens is 352 g/mol. The lowest BCUT2D eigenvalue weighted by atomic mass is 10.1. The maximum Gasteiger partial charge on any atom is 0.345 e. The normalized spacial score (nSPS) is 10.1. The zero-order chi connectivity index (χ0) is 20.2. The minimum absolute atomic E-state index is 0.139. The zero-order valence-electron chi connectivity index (χ0n) is 16.4. The third-order valence-electron chi connectivity index (χ3n) is 3.29. The number of hydrogen-bond acceptors (Lipinski definition) is 7. The van der Waals surface area contributed by atoms with Crippen molar-refractivity contribution in [1.82, 2.24) is 0 Å². The van der Waals surface area contributed by atoms with Gasteiger partial charge >= 0.3 is 11.9 Å². The molecular formula is C20H28O7. The summed E-state index contributed by atoms with van der Waals surface area (Å²) in [4.78, 5) is 24.6. The van der Waals surface area contributed by atoms with E-state index in [1.165, 1.54) is 18.2 Å². The lowest BCUT2D eigenvalue weighted by molar-refractivity contribution is -0.147. The summed E-state index contributed by atoms with van der Waals surface area (Å²) < 4.78 is 21.0. The van der Waals surface area contributed by atoms with Crippen molar-refractivity contribution in [3.8, 4) is 17.2 Å². The largest absolute Gasteiger partial charge is 0.502 e. The van der Waals surface area contributed by atoms with Gasteiger partial charge in [-0.15, -0.1) is 0 Å². The summed E-state index contributed by atoms with van der Waals surface area (Å²) in [5, 5.41) is 10.2. The standard InChI is InChI=1S/C20H28O7/c1-5-9-26-19(22)15(20(23)27-10-6-2)11-14-12-16(24-7-3)18(21)17(13-14)25-8-4/h11-13,21H,5-10H2,1-4H3. The topological polar surface area (TPSA) is 91.3 Å². The van der Waals surface area contributed by atoms with Gasteiger partial charge in [0.25, 0.3) is 0 Å². The zero-order valence-corrected chi connectivity index (χ0v) is 16.4. The molecule has 7 nitrogen and oxygen atoms in total. The van der Waals surface area contributed by atoms with E-state index in [1.54, 1.807) is 13.8 Å². The smallest absolute Gasteiger partial charge is 0.345 e. The van der Waals surface area contributed by atoms with Gasteiger partial charge in [-0.3, -0.25) is 0 Å². The molecule has 1 N–H and O–H groups in total. The van der Waals surface area contributed by atoms with E-state index in [0.717, 1.165) is 0 Å². The van der Waals surface area contributed by atoms with E-state index in [4.69, 9.17) is 18.9 Å². The van der Waals surface area contributed by atoms with E-state index < -0.39 is 11.9 Å². The van der Waals surface area contributed by atoms with Crippen LogP contribution in [0.5, 0.6) is 17.2 Å². The molecule has 0 aliphatic rings. The summed E-state index contributed by atoms with van der Waals surface area (Å²) >= 11 is 0. The molecule has 0 spiro atoms. The van der Waals surface area contributed by atoms with Crippen LogP contribution in [0, 0.1) is 0 Å². The molecule has 0 fully saturated rings. The van der Waals surface area contributed by atoms with Crippen LogP contribution in [-0.2, 0) is 19.1 Å². The Bertz CT molecular complexity index is 615. The second-order valence-electron chi connectivity index (χ2n) is 5.56. The fraction of sp³-hybridized carbons (Fsp3) is 0.500. The molecule has 0 atom stereocenters. The van der Waals surface area contributed by atoms with Crippen molar-refractivity contribution < 1.29 is 33.6 Å². The van der Waals surface area contributed by atoms with Crippen LogP contribution in [0.3, 0.4) is 0 Å². The predicted octanol–water partition coefficient (Wildman–Crippen LogP) is 3.48. The van der Waals surface area contributed by atoms with E-state index in [0.29, 0.717) is 31.6 Å². The number of rotatable bonds is 11. The van der Waals surface area contributed by atoms with E-state index in [-0.39, 0.29) is 36.0 Å². The lowest BCUT2D eigenvalue weighted by Crippen LogP contribution is -2.19. The number of ether oxygens (including phenoxy) is 4. The number of phenolic OH excluding ortho intramolecular Hbond substituents is 1. The van der Waals surface area contributed by atoms with Gasteiger partial charge in [-0.25, -0.2) is 9.59 Å². The highest BCUT2D eigenvalue weighted by atomic mass is 16.6. The molecule has 1 aromatic carbocycles. The summed E-state index contributed by atoms with van der Waals surface area (Å²) in [5.74, 6) is -1.28. The fourth-order valence-electron chi connectivity index (χ4n) is 2.13. The van der Waals surface area contributed by atoms with Crippen LogP contribution in [0.25, 0.3) is 6.08 Å². The molecule has 1 rings (SSSR count). The van der Waals surface area contributed by atoms with Crippen LogP contribution in [0.2, 0.25) is 0 Å². The third-order valence-corrected chi connectivity index (χ3v) is 3.29. The average molecular weight is 380 g/mol. The first-order valence-electron chi connectivity index (χ1n) is 9.16. The molecule has 1 aromatic rings. The Morgan fingerprint density at radius 2 is 1.33 bits per heavy atom. The highest BCUT2D eigenvalue weighted by molar-refractivity contribution is 6.17. The first-order valence-corrected chi connectivity index (χ1v) is 9.16. The Morgan fingerprint density at radius 1 is 0.889 bits per heavy atom. The number of esters is 2. The highest BCUT2D eigenvalue weighted by Gasteiger charge is 2.22. The summed E-state index contributed by atoms with van der Waals surface area (Å²) in [6.07, 6.45) is 2.61. The van der Waals surface area contributed by atoms with Gasteiger partial charge in [0, 0.05) is 0 Å². The molecule has 0 saturated heterocycles. The Balaban J connectivity index is 3.33. The van der Waals surface area contributed by atoms with E-state index in [9.17, 15) is 14.7 Å². The minimum Gasteiger partial charge on any atom is -0.502 e. The number of carbonyl (C=O) groups excluding carboxylic acids is 2. The van der Waals surface area contributed by atoms with Crippen LogP contribution in [0.1, 0.15) is 46.1 Å². The first-order chi connectivity index (χ1) is 13.0. The van der Waals surface area contributed by atoms with Crippen LogP contribution in [0.4, 0.5) is 0 Å². The van der Waals surface area contributed by atoms with E-state index in [1.807, 2.05) is 13.8 Å². The van der Waals surface area contributed by atoms with Gasteiger partial charge < -0.3 is 24.1 Å². The van der Waals surface area contributed by atoms with Crippen molar-refractivity contribution in [3.05, 3.63) is 23.3 Å². The molecule has 0 bridgehead atoms. The second kappa shape index (κ2) is 11.8. The Morgan fingerprint density at radius 3 is 1.70 bits per heavy atom. The van der Waals surface area contributed by atoms with Crippen molar-refractivity contribution in [2.24, 2.45) is 0 Å². The van der Waals surface area contributed by atoms with Crippen LogP contribution < -0.4 is 9.47 Å². The molecule has 0 saturated carbocycles. The number of hydrogen-bond donors (Lipinski definition) is 1. The Hall–Kier alpha value is -2.70. The van der Waals surface area contributed by atoms with Gasteiger partial charge in [-0.05, 0) is 50.5 Å². The van der Waals surface area contributed by atoms with Gasteiger partial charge in [0.05, 0.1) is 26.4 Å². The predicted molar refractivity (Wildman–Crippen MR) is 101 cm³/mol. The van der Waals surface area contributed by atoms with Crippen molar-refractivity contribution >= 4 is 18.0 Å². The summed E-state index contributed by atoms with van der Waals surface area (Å²) in [5.41, 5.74) is 0.212. The molecule has 0 amide bonds. The van der Waals surface area contributed by atoms with Crippen molar-refractivity contribution in [1.29, 1.82) is 0 Å². The molecule has 0 heterocycles. The molecule has 0 aromatic heterocycles. The van der Waals surface area contributed by atoms with Gasteiger partial charge in [0.2, 0.25) is 5.75 Å². The second-order valence-corrected chi connectivity index (χ2v) is 5.56. The number of benzene rings is 1. The van der Waals surface area contributed by atoms with Gasteiger partial charge in [-0.1, -0.05) is 13.8 Å². The first kappa shape index (κ1) is 22.3. The number of phenols is 1. The maximum absolute atomic E-state index is 12.3. The van der Waals surface area contributed by atoms with Gasteiger partial charge in [-0.2, -0.15) is 0 Å². The molecule has 0 radical (unpaired) electrons. The number of carbonyl (C=O) groups is 2. The van der Waals surface area contributed by atoms with Crippen LogP contribution in [-0.4, -0.2) is 43.5 Å². The summed E-state index contributed by atoms with van der Waals surface area (Å²) in [6.45, 7) is 8.31. The Labute approximate surface area is 159 Å².